The van der Waals surface area contributed by atoms with Crippen LogP contribution in [0, 0.1) is 6.92 Å². The lowest BCUT2D eigenvalue weighted by Gasteiger charge is -2.12. The Bertz CT molecular complexity index is 804. The van der Waals surface area contributed by atoms with Crippen LogP contribution in [0.25, 0.3) is 11.0 Å². The van der Waals surface area contributed by atoms with Crippen molar-refractivity contribution in [1.29, 1.82) is 0 Å². The fourth-order valence-electron chi connectivity index (χ4n) is 2.72. The number of aryl methyl sites for hydroxylation is 2. The van der Waals surface area contributed by atoms with Gasteiger partial charge in [0.1, 0.15) is 5.82 Å². The van der Waals surface area contributed by atoms with Crippen LogP contribution in [0.3, 0.4) is 0 Å². The Morgan fingerprint density at radius 1 is 1.25 bits per heavy atom. The first-order valence-corrected chi connectivity index (χ1v) is 9.09. The second-order valence-corrected chi connectivity index (χ2v) is 6.42. The van der Waals surface area contributed by atoms with E-state index in [1.165, 1.54) is 11.1 Å². The van der Waals surface area contributed by atoms with Crippen molar-refractivity contribution < 1.29 is 0 Å². The molecule has 3 aromatic rings. The first-order valence-electron chi connectivity index (χ1n) is 8.15. The summed E-state index contributed by atoms with van der Waals surface area (Å²) in [4.78, 5) is 8.88. The standard InChI is InChI=1S/C18H23N5S/c1-14-22-16-6-3-4-7-17(16)23(14)10-5-9-20-18(19-2)21-12-15-8-11-24-13-15/h3-4,6-8,11,13H,5,9-10,12H2,1-2H3,(H2,19,20,21). The van der Waals surface area contributed by atoms with Crippen molar-refractivity contribution in [2.24, 2.45) is 4.99 Å². The van der Waals surface area contributed by atoms with Crippen molar-refractivity contribution in [2.45, 2.75) is 26.4 Å². The Hall–Kier alpha value is -2.34. The Kier molecular flexibility index (Phi) is 5.48. The number of guanidine groups is 1. The molecule has 126 valence electrons. The number of imidazole rings is 1. The van der Waals surface area contributed by atoms with Crippen molar-refractivity contribution in [1.82, 2.24) is 20.2 Å². The van der Waals surface area contributed by atoms with Gasteiger partial charge in [0.15, 0.2) is 5.96 Å². The molecule has 6 heteroatoms. The van der Waals surface area contributed by atoms with E-state index in [0.717, 1.165) is 43.4 Å². The van der Waals surface area contributed by atoms with Gasteiger partial charge in [0.2, 0.25) is 0 Å². The van der Waals surface area contributed by atoms with Gasteiger partial charge in [-0.25, -0.2) is 4.98 Å². The number of benzene rings is 1. The Labute approximate surface area is 146 Å². The summed E-state index contributed by atoms with van der Waals surface area (Å²) in [7, 11) is 1.80. The lowest BCUT2D eigenvalue weighted by molar-refractivity contribution is 0.624. The second kappa shape index (κ2) is 7.97. The highest BCUT2D eigenvalue weighted by atomic mass is 32.1. The van der Waals surface area contributed by atoms with Gasteiger partial charge in [0.25, 0.3) is 0 Å². The van der Waals surface area contributed by atoms with Gasteiger partial charge in [-0.1, -0.05) is 12.1 Å². The van der Waals surface area contributed by atoms with Gasteiger partial charge in [-0.15, -0.1) is 0 Å². The molecule has 0 saturated carbocycles. The van der Waals surface area contributed by atoms with Gasteiger partial charge in [0, 0.05) is 26.7 Å². The van der Waals surface area contributed by atoms with Crippen LogP contribution in [0.1, 0.15) is 17.8 Å². The summed E-state index contributed by atoms with van der Waals surface area (Å²) in [6.07, 6.45) is 1.01. The van der Waals surface area contributed by atoms with Crippen LogP contribution < -0.4 is 10.6 Å². The van der Waals surface area contributed by atoms with Crippen molar-refractivity contribution >= 4 is 28.3 Å². The summed E-state index contributed by atoms with van der Waals surface area (Å²) >= 11 is 1.71. The highest BCUT2D eigenvalue weighted by Crippen LogP contribution is 2.15. The molecule has 0 radical (unpaired) electrons. The zero-order valence-corrected chi connectivity index (χ0v) is 14.9. The van der Waals surface area contributed by atoms with Crippen LogP contribution in [-0.4, -0.2) is 29.1 Å². The molecule has 0 spiro atoms. The number of para-hydroxylation sites is 2. The number of fused-ring (bicyclic) bond motifs is 1. The van der Waals surface area contributed by atoms with Gasteiger partial charge in [-0.3, -0.25) is 4.99 Å². The van der Waals surface area contributed by atoms with E-state index in [2.05, 4.69) is 67.1 Å². The van der Waals surface area contributed by atoms with Crippen LogP contribution in [0.15, 0.2) is 46.1 Å². The molecule has 5 nitrogen and oxygen atoms in total. The van der Waals surface area contributed by atoms with Gasteiger partial charge < -0.3 is 15.2 Å². The molecule has 0 amide bonds. The van der Waals surface area contributed by atoms with Gasteiger partial charge in [-0.2, -0.15) is 11.3 Å². The number of rotatable bonds is 6. The predicted octanol–water partition coefficient (Wildman–Crippen LogP) is 3.16. The average Bonchev–Trinajstić information content (AvgIpc) is 3.22. The molecule has 2 heterocycles. The summed E-state index contributed by atoms with van der Waals surface area (Å²) in [5, 5.41) is 10.9. The molecule has 0 aliphatic rings. The van der Waals surface area contributed by atoms with E-state index in [4.69, 9.17) is 0 Å². The van der Waals surface area contributed by atoms with Crippen LogP contribution in [0.5, 0.6) is 0 Å². The van der Waals surface area contributed by atoms with Crippen LogP contribution in [0.2, 0.25) is 0 Å². The molecule has 2 N–H and O–H groups in total. The van der Waals surface area contributed by atoms with Crippen molar-refractivity contribution in [3.8, 4) is 0 Å². The maximum absolute atomic E-state index is 4.61. The topological polar surface area (TPSA) is 54.2 Å². The summed E-state index contributed by atoms with van der Waals surface area (Å²) in [5.41, 5.74) is 3.55. The maximum atomic E-state index is 4.61. The third kappa shape index (κ3) is 3.94. The molecule has 0 saturated heterocycles. The van der Waals surface area contributed by atoms with Gasteiger partial charge in [0.05, 0.1) is 11.0 Å². The smallest absolute Gasteiger partial charge is 0.191 e. The Balaban J connectivity index is 1.48. The largest absolute Gasteiger partial charge is 0.356 e. The van der Waals surface area contributed by atoms with Crippen molar-refractivity contribution in [3.05, 3.63) is 52.5 Å². The highest BCUT2D eigenvalue weighted by Gasteiger charge is 2.06. The number of aliphatic imine (C=N–C) groups is 1. The van der Waals surface area contributed by atoms with Crippen LogP contribution in [0.4, 0.5) is 0 Å². The zero-order chi connectivity index (χ0) is 16.8. The van der Waals surface area contributed by atoms with Gasteiger partial charge in [-0.05, 0) is 47.9 Å². The molecule has 1 aromatic carbocycles. The minimum absolute atomic E-state index is 0.800. The SMILES string of the molecule is CN=C(NCCCn1c(C)nc2ccccc21)NCc1ccsc1. The number of nitrogens with one attached hydrogen (secondary N) is 2. The quantitative estimate of drug-likeness (QED) is 0.411. The second-order valence-electron chi connectivity index (χ2n) is 5.64. The zero-order valence-electron chi connectivity index (χ0n) is 14.1. The molecule has 0 aliphatic carbocycles. The molecule has 2 aromatic heterocycles. The van der Waals surface area contributed by atoms with E-state index in [1.54, 1.807) is 18.4 Å². The molecule has 24 heavy (non-hydrogen) atoms. The van der Waals surface area contributed by atoms with Crippen molar-refractivity contribution in [2.75, 3.05) is 13.6 Å². The number of nitrogens with zero attached hydrogens (tertiary/aromatic N) is 3. The lowest BCUT2D eigenvalue weighted by Crippen LogP contribution is -2.37. The molecule has 0 bridgehead atoms. The molecule has 0 atom stereocenters. The highest BCUT2D eigenvalue weighted by molar-refractivity contribution is 7.07. The summed E-state index contributed by atoms with van der Waals surface area (Å²) in [6, 6.07) is 10.4. The maximum Gasteiger partial charge on any atom is 0.191 e. The predicted molar refractivity (Wildman–Crippen MR) is 102 cm³/mol. The Morgan fingerprint density at radius 2 is 2.12 bits per heavy atom. The normalized spacial score (nSPS) is 11.8. The fourth-order valence-corrected chi connectivity index (χ4v) is 3.39. The molecular formula is C18H23N5S. The van der Waals surface area contributed by atoms with Crippen LogP contribution >= 0.6 is 11.3 Å². The summed E-state index contributed by atoms with van der Waals surface area (Å²) < 4.78 is 2.28. The molecule has 0 unspecified atom stereocenters. The molecular weight excluding hydrogens is 318 g/mol. The van der Waals surface area contributed by atoms with E-state index in [1.807, 2.05) is 6.07 Å². The molecule has 0 aliphatic heterocycles. The number of hydrogen-bond acceptors (Lipinski definition) is 3. The third-order valence-corrected chi connectivity index (χ3v) is 4.69. The fraction of sp³-hybridized carbons (Fsp3) is 0.333. The first kappa shape index (κ1) is 16.5. The minimum Gasteiger partial charge on any atom is -0.356 e. The number of hydrogen-bond donors (Lipinski definition) is 2. The van der Waals surface area contributed by atoms with E-state index >= 15 is 0 Å². The number of aromatic nitrogens is 2. The summed E-state index contributed by atoms with van der Waals surface area (Å²) in [6.45, 7) is 4.68. The molecule has 0 fully saturated rings. The van der Waals surface area contributed by atoms with Crippen LogP contribution in [-0.2, 0) is 13.1 Å². The molecule has 3 rings (SSSR count). The van der Waals surface area contributed by atoms with E-state index in [9.17, 15) is 0 Å². The number of thiophene rings is 1. The van der Waals surface area contributed by atoms with Crippen molar-refractivity contribution in [3.63, 3.8) is 0 Å². The lowest BCUT2D eigenvalue weighted by atomic mass is 10.3. The average molecular weight is 341 g/mol. The summed E-state index contributed by atoms with van der Waals surface area (Å²) in [5.74, 6) is 1.91. The van der Waals surface area contributed by atoms with E-state index in [-0.39, 0.29) is 0 Å². The minimum atomic E-state index is 0.800. The third-order valence-electron chi connectivity index (χ3n) is 3.96. The van der Waals surface area contributed by atoms with Gasteiger partial charge >= 0.3 is 0 Å². The van der Waals surface area contributed by atoms with E-state index < -0.39 is 0 Å². The Morgan fingerprint density at radius 3 is 2.92 bits per heavy atom. The monoisotopic (exact) mass is 341 g/mol. The first-order chi connectivity index (χ1) is 11.8. The van der Waals surface area contributed by atoms with E-state index in [0.29, 0.717) is 0 Å².